The number of amides is 5. The first-order valence-electron chi connectivity index (χ1n) is 42.9. The molecule has 0 unspecified atom stereocenters. The van der Waals surface area contributed by atoms with Crippen molar-refractivity contribution in [2.24, 2.45) is 0 Å². The van der Waals surface area contributed by atoms with Crippen molar-refractivity contribution < 1.29 is 79.8 Å². The first kappa shape index (κ1) is 96.8. The molecule has 5 aliphatic rings. The van der Waals surface area contributed by atoms with E-state index in [9.17, 15) is 56.1 Å². The maximum atomic E-state index is 12.2. The summed E-state index contributed by atoms with van der Waals surface area (Å²) in [4.78, 5) is 104. The summed E-state index contributed by atoms with van der Waals surface area (Å²) < 4.78 is 61.7. The van der Waals surface area contributed by atoms with E-state index in [2.05, 4.69) is 103 Å². The van der Waals surface area contributed by atoms with Crippen LogP contribution < -0.4 is 0 Å². The van der Waals surface area contributed by atoms with Crippen LogP contribution in [0.2, 0.25) is 0 Å². The van der Waals surface area contributed by atoms with Crippen LogP contribution in [0.3, 0.4) is 0 Å². The average Bonchev–Trinajstić information content (AvgIpc) is 1.56. The van der Waals surface area contributed by atoms with Gasteiger partial charge in [-0.15, -0.1) is 3.89 Å². The van der Waals surface area contributed by atoms with Crippen molar-refractivity contribution >= 4 is 129 Å². The second kappa shape index (κ2) is 41.8. The van der Waals surface area contributed by atoms with Crippen LogP contribution in [-0.4, -0.2) is 203 Å². The highest BCUT2D eigenvalue weighted by molar-refractivity contribution is 9.10. The maximum Gasteiger partial charge on any atom is 0.416 e. The molecule has 6 aromatic carbocycles. The number of fused-ring (bicyclic) bond motifs is 5. The molecule has 0 aliphatic carbocycles. The number of piperidine rings is 4. The first-order valence-corrected chi connectivity index (χ1v) is 45.0. The van der Waals surface area contributed by atoms with Gasteiger partial charge in [-0.2, -0.15) is 8.42 Å². The highest BCUT2D eigenvalue weighted by Crippen LogP contribution is 2.39. The van der Waals surface area contributed by atoms with Crippen LogP contribution in [0, 0.1) is 0 Å². The lowest BCUT2D eigenvalue weighted by molar-refractivity contribution is -0.121. The summed E-state index contributed by atoms with van der Waals surface area (Å²) in [5.41, 5.74) is 7.87. The van der Waals surface area contributed by atoms with Crippen molar-refractivity contribution in [2.45, 2.75) is 212 Å². The Morgan fingerprint density at radius 3 is 1.26 bits per heavy atom. The van der Waals surface area contributed by atoms with Crippen LogP contribution in [0.5, 0.6) is 0 Å². The molecule has 4 fully saturated rings. The molecule has 29 heteroatoms. The topological polar surface area (TPSA) is 325 Å². The molecule has 5 amide bonds. The normalized spacial score (nSPS) is 16.0. The molecule has 10 heterocycles. The van der Waals surface area contributed by atoms with Gasteiger partial charge in [0, 0.05) is 141 Å². The zero-order valence-electron chi connectivity index (χ0n) is 74.9. The van der Waals surface area contributed by atoms with Crippen LogP contribution >= 0.6 is 15.9 Å². The zero-order valence-corrected chi connectivity index (χ0v) is 77.3. The highest BCUT2D eigenvalue weighted by atomic mass is 79.9. The Balaban J connectivity index is 0.000000157. The lowest BCUT2D eigenvalue weighted by Crippen LogP contribution is -2.46. The number of H-pyrrole nitrogens is 4. The van der Waals surface area contributed by atoms with Gasteiger partial charge in [0.15, 0.2) is 0 Å². The standard InChI is InChI=1S/C19H24N2O4.C18H24N2O3.C18H24N2O2.C18H22N2O2.C10H17NO3.C8H6BrN.C6H5FO2S/c1-19(2,3)25-18(24)20-10-7-13(8-11-20)15-6-4-5-14-9-12-21(16(14)15)17(22)23;1-17(2,3)23-16(21)20-11-8-18(22,9-12-20)14-6-4-5-13-7-10-19-15(13)14;2*1-18(2,3)22-17(21)20-11-8-13(9-12-20)15-6-4-5-14-7-10-19-16(14)15;1-10(2,3)14-9(13)11-6-4-8(12)5-7-11;9-7-3-1-2-6-4-5-10-8(6)7;7-10(8,9)6-4-2-1-3-5-6/h4-6,9,12-13H,7-8,10-11H2,1-3H3,(H,22,23);4-7,10,19,22H,8-9,11-12H2,1-3H3;4-7,10,13,19H,8-9,11-12H2,1-3H3;4-8,10,19H,9,11-12H2,1-3H3;4-7H2,1-3H3;1-5,10H;1-5H. The molecule has 6 N–H and O–H groups in total. The molecule has 0 spiro atoms. The molecular weight excluding hydrogens is 1690 g/mol. The van der Waals surface area contributed by atoms with Gasteiger partial charge in [0.2, 0.25) is 0 Å². The summed E-state index contributed by atoms with van der Waals surface area (Å²) >= 11 is 3.44. The van der Waals surface area contributed by atoms with Crippen molar-refractivity contribution in [3.63, 3.8) is 0 Å². The molecule has 676 valence electrons. The number of aliphatic hydroxyl groups is 1. The number of aromatic amines is 4. The fourth-order valence-electron chi connectivity index (χ4n) is 15.3. The third-order valence-corrected chi connectivity index (χ3v) is 22.9. The SMILES string of the molecule is Brc1cccc2cc[nH]c12.CC(C)(C)OC(=O)N1CC=C(c2cccc3cc[nH]c23)CC1.CC(C)(C)OC(=O)N1CCC(=O)CC1.CC(C)(C)OC(=O)N1CCC(O)(c2cccc3cc[nH]c23)CC1.CC(C)(C)OC(=O)N1CCC(c2cccc3cc[nH]c23)CC1.CC(C)(C)OC(=O)N1CCC(c2cccc3ccn(C(=O)O)c23)CC1.O=S(=O)(F)c1ccccc1. The molecule has 11 aromatic rings. The second-order valence-electron chi connectivity index (χ2n) is 36.9. The van der Waals surface area contributed by atoms with E-state index in [1.807, 2.05) is 194 Å². The van der Waals surface area contributed by atoms with Gasteiger partial charge in [-0.05, 0) is 258 Å². The largest absolute Gasteiger partial charge is 0.464 e. The lowest BCUT2D eigenvalue weighted by Gasteiger charge is -2.39. The monoisotopic (exact) mass is 1810 g/mol. The average molecular weight is 1820 g/mol. The summed E-state index contributed by atoms with van der Waals surface area (Å²) in [5, 5.41) is 26.2. The summed E-state index contributed by atoms with van der Waals surface area (Å²) in [7, 11) is -4.50. The molecule has 26 nitrogen and oxygen atoms in total. The van der Waals surface area contributed by atoms with E-state index in [-0.39, 0.29) is 47.1 Å². The molecule has 0 saturated carbocycles. The van der Waals surface area contributed by atoms with Crippen molar-refractivity contribution in [3.05, 3.63) is 215 Å². The second-order valence-corrected chi connectivity index (χ2v) is 39.1. The van der Waals surface area contributed by atoms with E-state index in [1.165, 1.54) is 78.2 Å². The number of ether oxygens (including phenoxy) is 5. The first-order chi connectivity index (χ1) is 59.3. The van der Waals surface area contributed by atoms with Crippen LogP contribution in [0.15, 0.2) is 198 Å². The molecule has 0 bridgehead atoms. The lowest BCUT2D eigenvalue weighted by atomic mass is 9.83. The number of rotatable bonds is 5. The van der Waals surface area contributed by atoms with Gasteiger partial charge < -0.3 is 78.3 Å². The number of Topliss-reactive ketones (excluding diaryl/α,β-unsaturated/α-hetero) is 1. The minimum Gasteiger partial charge on any atom is -0.464 e. The Morgan fingerprint density at radius 2 is 0.810 bits per heavy atom. The summed E-state index contributed by atoms with van der Waals surface area (Å²) in [6.07, 6.45) is 15.5. The third kappa shape index (κ3) is 27.8. The number of carbonyl (C=O) groups excluding carboxylic acids is 6. The van der Waals surface area contributed by atoms with E-state index >= 15 is 0 Å². The van der Waals surface area contributed by atoms with Gasteiger partial charge >= 0.3 is 46.8 Å². The number of nitrogens with zero attached hydrogens (tertiary/aromatic N) is 6. The molecule has 0 radical (unpaired) electrons. The van der Waals surface area contributed by atoms with Gasteiger partial charge in [0.1, 0.15) is 33.8 Å². The molecule has 126 heavy (non-hydrogen) atoms. The van der Waals surface area contributed by atoms with E-state index in [1.54, 1.807) is 31.9 Å². The fraction of sp³-hybridized carbons (Fsp3) is 0.433. The predicted molar refractivity (Wildman–Crippen MR) is 494 cm³/mol. The quantitative estimate of drug-likeness (QED) is 0.0689. The van der Waals surface area contributed by atoms with Gasteiger partial charge in [0.05, 0.1) is 32.6 Å². The molecular formula is C97H122BrFN10O16S. The smallest absolute Gasteiger partial charge is 0.416 e. The number of hydrogen-bond acceptors (Lipinski definition) is 15. The van der Waals surface area contributed by atoms with Gasteiger partial charge in [-0.3, -0.25) is 9.36 Å². The summed E-state index contributed by atoms with van der Waals surface area (Å²) in [6, 6.07) is 47.7. The Bertz CT molecular complexity index is 5690. The number of aromatic nitrogens is 5. The number of halogens is 2. The minimum absolute atomic E-state index is 0.191. The van der Waals surface area contributed by atoms with Gasteiger partial charge in [-0.25, -0.2) is 28.8 Å². The molecule has 5 aliphatic heterocycles. The highest BCUT2D eigenvalue weighted by Gasteiger charge is 2.39. The number of para-hydroxylation sites is 5. The molecule has 4 saturated heterocycles. The van der Waals surface area contributed by atoms with Crippen molar-refractivity contribution in [1.29, 1.82) is 0 Å². The number of benzene rings is 6. The Kier molecular flexibility index (Phi) is 32.1. The van der Waals surface area contributed by atoms with Crippen LogP contribution in [0.4, 0.5) is 32.7 Å². The van der Waals surface area contributed by atoms with Crippen molar-refractivity contribution in [1.82, 2.24) is 49.0 Å². The van der Waals surface area contributed by atoms with E-state index < -0.39 is 49.9 Å². The van der Waals surface area contributed by atoms with Crippen molar-refractivity contribution in [2.75, 3.05) is 65.4 Å². The van der Waals surface area contributed by atoms with E-state index in [0.29, 0.717) is 84.0 Å². The van der Waals surface area contributed by atoms with Crippen LogP contribution in [-0.2, 0) is 44.3 Å². The fourth-order valence-corrected chi connectivity index (χ4v) is 16.3. The number of carboxylic acid groups (broad SMARTS) is 1. The summed E-state index contributed by atoms with van der Waals surface area (Å²) in [6.45, 7) is 34.1. The third-order valence-electron chi connectivity index (χ3n) is 21.4. The molecule has 16 rings (SSSR count). The number of nitrogens with one attached hydrogen (secondary N) is 4. The molecule has 5 aromatic heterocycles. The number of ketones is 1. The van der Waals surface area contributed by atoms with E-state index in [0.717, 1.165) is 82.6 Å². The Labute approximate surface area is 745 Å². The Hall–Kier alpha value is -11.4. The Morgan fingerprint density at radius 1 is 0.429 bits per heavy atom. The van der Waals surface area contributed by atoms with Crippen LogP contribution in [0.1, 0.15) is 196 Å². The predicted octanol–water partition coefficient (Wildman–Crippen LogP) is 22.0. The maximum absolute atomic E-state index is 12.2. The number of hydrogen-bond donors (Lipinski definition) is 6. The number of carbonyl (C=O) groups is 7. The van der Waals surface area contributed by atoms with Crippen LogP contribution in [0.25, 0.3) is 60.1 Å². The van der Waals surface area contributed by atoms with E-state index in [4.69, 9.17) is 23.7 Å². The van der Waals surface area contributed by atoms with Gasteiger partial charge in [0.25, 0.3) is 0 Å². The summed E-state index contributed by atoms with van der Waals surface area (Å²) in [5.74, 6) is 0.959. The number of likely N-dealkylation sites (tertiary alicyclic amines) is 4. The minimum atomic E-state index is -4.50. The zero-order chi connectivity index (χ0) is 91.7. The molecule has 0 atom stereocenters. The van der Waals surface area contributed by atoms with Gasteiger partial charge in [-0.1, -0.05) is 109 Å². The van der Waals surface area contributed by atoms with Crippen molar-refractivity contribution in [3.8, 4) is 0 Å².